The molecule has 0 saturated heterocycles. The molecule has 0 saturated carbocycles. The summed E-state index contributed by atoms with van der Waals surface area (Å²) in [6.45, 7) is 4.22. The van der Waals surface area contributed by atoms with Gasteiger partial charge in [0.25, 0.3) is 0 Å². The maximum Gasteiger partial charge on any atom is 0.147 e. The Morgan fingerprint density at radius 3 is 2.68 bits per heavy atom. The average molecular weight is 342 g/mol. The van der Waals surface area contributed by atoms with Crippen LogP contribution in [0.1, 0.15) is 17.0 Å². The first-order chi connectivity index (χ1) is 9.01. The first-order valence-corrected chi connectivity index (χ1v) is 6.98. The number of ether oxygens (including phenoxy) is 1. The van der Waals surface area contributed by atoms with Crippen molar-refractivity contribution in [2.45, 2.75) is 20.4 Å². The molecule has 2 rings (SSSR count). The van der Waals surface area contributed by atoms with Crippen LogP contribution in [0.5, 0.6) is 11.5 Å². The van der Waals surface area contributed by atoms with Crippen molar-refractivity contribution < 1.29 is 4.74 Å². The van der Waals surface area contributed by atoms with Crippen molar-refractivity contribution in [2.75, 3.05) is 0 Å². The van der Waals surface area contributed by atoms with Crippen LogP contribution in [0.3, 0.4) is 0 Å². The van der Waals surface area contributed by atoms with Gasteiger partial charge in [-0.1, -0.05) is 27.5 Å². The Bertz CT molecular complexity index is 617. The van der Waals surface area contributed by atoms with Gasteiger partial charge in [-0.3, -0.25) is 4.98 Å². The lowest BCUT2D eigenvalue weighted by molar-refractivity contribution is 0.474. The minimum absolute atomic E-state index is 0.375. The molecule has 0 aliphatic rings. The Labute approximate surface area is 125 Å². The Balaban J connectivity index is 2.45. The standard InChI is InChI=1S/C14H14BrClN2O/c1-8-5-13(11(7-17)9(2)18-8)19-14-6-10(15)3-4-12(14)16/h3-6H,7,17H2,1-2H3. The van der Waals surface area contributed by atoms with E-state index in [-0.39, 0.29) is 0 Å². The summed E-state index contributed by atoms with van der Waals surface area (Å²) in [5.41, 5.74) is 8.41. The Hall–Kier alpha value is -1.10. The van der Waals surface area contributed by atoms with Crippen molar-refractivity contribution in [3.05, 3.63) is 50.7 Å². The van der Waals surface area contributed by atoms with Gasteiger partial charge in [0.1, 0.15) is 11.5 Å². The molecule has 0 unspecified atom stereocenters. The van der Waals surface area contributed by atoms with Crippen molar-refractivity contribution >= 4 is 27.5 Å². The van der Waals surface area contributed by atoms with Gasteiger partial charge in [0.2, 0.25) is 0 Å². The molecule has 0 aliphatic heterocycles. The molecular formula is C14H14BrClN2O. The van der Waals surface area contributed by atoms with Crippen LogP contribution in [-0.4, -0.2) is 4.98 Å². The SMILES string of the molecule is Cc1cc(Oc2cc(Br)ccc2Cl)c(CN)c(C)n1. The number of rotatable bonds is 3. The van der Waals surface area contributed by atoms with Gasteiger partial charge in [-0.25, -0.2) is 0 Å². The van der Waals surface area contributed by atoms with E-state index in [2.05, 4.69) is 20.9 Å². The van der Waals surface area contributed by atoms with Crippen LogP contribution in [0, 0.1) is 13.8 Å². The summed E-state index contributed by atoms with van der Waals surface area (Å²) in [7, 11) is 0. The second-order valence-electron chi connectivity index (χ2n) is 4.21. The number of aryl methyl sites for hydroxylation is 2. The fourth-order valence-electron chi connectivity index (χ4n) is 1.83. The zero-order valence-electron chi connectivity index (χ0n) is 10.7. The molecule has 0 bridgehead atoms. The molecule has 2 N–H and O–H groups in total. The number of nitrogens with zero attached hydrogens (tertiary/aromatic N) is 1. The minimum Gasteiger partial charge on any atom is -0.455 e. The topological polar surface area (TPSA) is 48.1 Å². The molecular weight excluding hydrogens is 328 g/mol. The number of pyridine rings is 1. The Morgan fingerprint density at radius 2 is 2.00 bits per heavy atom. The van der Waals surface area contributed by atoms with Gasteiger partial charge in [0.15, 0.2) is 0 Å². The second kappa shape index (κ2) is 5.90. The number of aromatic nitrogens is 1. The van der Waals surface area contributed by atoms with Crippen molar-refractivity contribution in [3.8, 4) is 11.5 Å². The highest BCUT2D eigenvalue weighted by Crippen LogP contribution is 2.34. The van der Waals surface area contributed by atoms with Crippen LogP contribution < -0.4 is 10.5 Å². The number of hydrogen-bond donors (Lipinski definition) is 1. The summed E-state index contributed by atoms with van der Waals surface area (Å²) in [6, 6.07) is 7.34. The first kappa shape index (κ1) is 14.3. The summed E-state index contributed by atoms with van der Waals surface area (Å²) in [4.78, 5) is 4.38. The van der Waals surface area contributed by atoms with E-state index in [1.165, 1.54) is 0 Å². The van der Waals surface area contributed by atoms with Crippen molar-refractivity contribution in [1.82, 2.24) is 4.98 Å². The predicted octanol–water partition coefficient (Wildman–Crippen LogP) is 4.37. The average Bonchev–Trinajstić information content (AvgIpc) is 2.33. The van der Waals surface area contributed by atoms with E-state index in [0.29, 0.717) is 23.1 Å². The van der Waals surface area contributed by atoms with E-state index in [0.717, 1.165) is 21.4 Å². The largest absolute Gasteiger partial charge is 0.455 e. The van der Waals surface area contributed by atoms with Crippen molar-refractivity contribution in [1.29, 1.82) is 0 Å². The fraction of sp³-hybridized carbons (Fsp3) is 0.214. The minimum atomic E-state index is 0.375. The van der Waals surface area contributed by atoms with Crippen molar-refractivity contribution in [3.63, 3.8) is 0 Å². The van der Waals surface area contributed by atoms with Gasteiger partial charge in [-0.15, -0.1) is 0 Å². The molecule has 0 aliphatic carbocycles. The van der Waals surface area contributed by atoms with Gasteiger partial charge < -0.3 is 10.5 Å². The summed E-state index contributed by atoms with van der Waals surface area (Å²) in [6.07, 6.45) is 0. The molecule has 100 valence electrons. The third-order valence-electron chi connectivity index (χ3n) is 2.74. The van der Waals surface area contributed by atoms with E-state index in [1.807, 2.05) is 32.0 Å². The molecule has 0 amide bonds. The Kier molecular flexibility index (Phi) is 4.45. The third kappa shape index (κ3) is 3.26. The smallest absolute Gasteiger partial charge is 0.147 e. The highest BCUT2D eigenvalue weighted by Gasteiger charge is 2.11. The molecule has 1 aromatic heterocycles. The van der Waals surface area contributed by atoms with Gasteiger partial charge in [-0.05, 0) is 32.0 Å². The van der Waals surface area contributed by atoms with Crippen LogP contribution >= 0.6 is 27.5 Å². The quantitative estimate of drug-likeness (QED) is 0.902. The van der Waals surface area contributed by atoms with E-state index in [1.54, 1.807) is 6.07 Å². The molecule has 2 aromatic rings. The summed E-state index contributed by atoms with van der Waals surface area (Å²) in [5.74, 6) is 1.29. The zero-order valence-corrected chi connectivity index (χ0v) is 13.0. The summed E-state index contributed by atoms with van der Waals surface area (Å²) >= 11 is 9.53. The maximum atomic E-state index is 6.13. The lowest BCUT2D eigenvalue weighted by Gasteiger charge is -2.14. The van der Waals surface area contributed by atoms with E-state index in [4.69, 9.17) is 22.1 Å². The van der Waals surface area contributed by atoms with Crippen LogP contribution in [0.25, 0.3) is 0 Å². The molecule has 19 heavy (non-hydrogen) atoms. The van der Waals surface area contributed by atoms with E-state index >= 15 is 0 Å². The van der Waals surface area contributed by atoms with Gasteiger partial charge in [0.05, 0.1) is 5.02 Å². The van der Waals surface area contributed by atoms with Crippen LogP contribution in [-0.2, 0) is 6.54 Å². The maximum absolute atomic E-state index is 6.13. The molecule has 0 atom stereocenters. The molecule has 0 spiro atoms. The summed E-state index contributed by atoms with van der Waals surface area (Å²) in [5, 5.41) is 0.554. The molecule has 0 radical (unpaired) electrons. The monoisotopic (exact) mass is 340 g/mol. The van der Waals surface area contributed by atoms with Crippen molar-refractivity contribution in [2.24, 2.45) is 5.73 Å². The number of halogens is 2. The third-order valence-corrected chi connectivity index (χ3v) is 3.54. The molecule has 5 heteroatoms. The van der Waals surface area contributed by atoms with E-state index in [9.17, 15) is 0 Å². The molecule has 1 aromatic carbocycles. The van der Waals surface area contributed by atoms with Crippen LogP contribution in [0.2, 0.25) is 5.02 Å². The highest BCUT2D eigenvalue weighted by atomic mass is 79.9. The second-order valence-corrected chi connectivity index (χ2v) is 5.53. The molecule has 0 fully saturated rings. The Morgan fingerprint density at radius 1 is 1.26 bits per heavy atom. The van der Waals surface area contributed by atoms with Gasteiger partial charge in [-0.2, -0.15) is 0 Å². The fourth-order valence-corrected chi connectivity index (χ4v) is 2.33. The predicted molar refractivity (Wildman–Crippen MR) is 80.8 cm³/mol. The lowest BCUT2D eigenvalue weighted by atomic mass is 10.1. The van der Waals surface area contributed by atoms with Crippen LogP contribution in [0.15, 0.2) is 28.7 Å². The first-order valence-electron chi connectivity index (χ1n) is 5.81. The zero-order chi connectivity index (χ0) is 14.0. The number of benzene rings is 1. The summed E-state index contributed by atoms with van der Waals surface area (Å²) < 4.78 is 6.80. The normalized spacial score (nSPS) is 10.6. The highest BCUT2D eigenvalue weighted by molar-refractivity contribution is 9.10. The van der Waals surface area contributed by atoms with E-state index < -0.39 is 0 Å². The lowest BCUT2D eigenvalue weighted by Crippen LogP contribution is -2.05. The van der Waals surface area contributed by atoms with Crippen LogP contribution in [0.4, 0.5) is 0 Å². The number of hydrogen-bond acceptors (Lipinski definition) is 3. The molecule has 1 heterocycles. The number of nitrogens with two attached hydrogens (primary N) is 1. The van der Waals surface area contributed by atoms with Gasteiger partial charge >= 0.3 is 0 Å². The molecule has 3 nitrogen and oxygen atoms in total. The van der Waals surface area contributed by atoms with Gasteiger partial charge in [0, 0.05) is 34.0 Å².